The van der Waals surface area contributed by atoms with Crippen molar-refractivity contribution in [1.29, 1.82) is 0 Å². The Kier molecular flexibility index (Phi) is 3.76. The summed E-state index contributed by atoms with van der Waals surface area (Å²) in [4.78, 5) is 0. The molecule has 1 aromatic rings. The quantitative estimate of drug-likeness (QED) is 0.876. The lowest BCUT2D eigenvalue weighted by Gasteiger charge is -2.30. The zero-order valence-electron chi connectivity index (χ0n) is 10.2. The van der Waals surface area contributed by atoms with E-state index in [0.717, 1.165) is 28.6 Å². The average molecular weight is 300 g/mol. The van der Waals surface area contributed by atoms with Crippen LogP contribution in [0.4, 0.5) is 0 Å². The summed E-state index contributed by atoms with van der Waals surface area (Å²) < 4.78 is 6.32. The van der Waals surface area contributed by atoms with Gasteiger partial charge in [0, 0.05) is 16.6 Å². The average Bonchev–Trinajstić information content (AvgIpc) is 3.13. The summed E-state index contributed by atoms with van der Waals surface area (Å²) in [5.74, 6) is 1.08. The van der Waals surface area contributed by atoms with Crippen molar-refractivity contribution in [3.63, 3.8) is 0 Å². The summed E-state index contributed by atoms with van der Waals surface area (Å²) in [5.41, 5.74) is 0.0374. The maximum atomic E-state index is 10.9. The highest BCUT2D eigenvalue weighted by Gasteiger charge is 2.46. The van der Waals surface area contributed by atoms with Crippen LogP contribution in [0.25, 0.3) is 0 Å². The van der Waals surface area contributed by atoms with Crippen LogP contribution in [-0.4, -0.2) is 25.8 Å². The highest BCUT2D eigenvalue weighted by atomic mass is 79.9. The van der Waals surface area contributed by atoms with Crippen LogP contribution in [0, 0.1) is 5.92 Å². The van der Waals surface area contributed by atoms with Crippen molar-refractivity contribution in [3.05, 3.63) is 28.2 Å². The Morgan fingerprint density at radius 3 is 2.76 bits per heavy atom. The Morgan fingerprint density at radius 1 is 1.53 bits per heavy atom. The number of halogens is 1. The molecule has 1 aliphatic rings. The second-order valence-corrected chi connectivity index (χ2v) is 5.49. The van der Waals surface area contributed by atoms with Crippen LogP contribution in [0.5, 0.6) is 5.75 Å². The molecule has 1 unspecified atom stereocenters. The smallest absolute Gasteiger partial charge is 0.125 e. The van der Waals surface area contributed by atoms with Crippen molar-refractivity contribution < 1.29 is 9.84 Å². The molecule has 0 bridgehead atoms. The maximum absolute atomic E-state index is 10.9. The van der Waals surface area contributed by atoms with Gasteiger partial charge in [-0.15, -0.1) is 0 Å². The van der Waals surface area contributed by atoms with Crippen LogP contribution in [0.2, 0.25) is 0 Å². The first-order chi connectivity index (χ1) is 8.11. The first-order valence-corrected chi connectivity index (χ1v) is 6.62. The van der Waals surface area contributed by atoms with E-state index in [-0.39, 0.29) is 0 Å². The van der Waals surface area contributed by atoms with Gasteiger partial charge in [0.15, 0.2) is 0 Å². The molecule has 2 N–H and O–H groups in total. The van der Waals surface area contributed by atoms with Crippen molar-refractivity contribution in [3.8, 4) is 5.75 Å². The molecule has 17 heavy (non-hydrogen) atoms. The molecule has 0 amide bonds. The first kappa shape index (κ1) is 12.9. The minimum Gasteiger partial charge on any atom is -0.496 e. The van der Waals surface area contributed by atoms with Gasteiger partial charge in [0.1, 0.15) is 11.4 Å². The van der Waals surface area contributed by atoms with E-state index in [1.54, 1.807) is 7.11 Å². The Morgan fingerprint density at radius 2 is 2.24 bits per heavy atom. The number of nitrogens with one attached hydrogen (secondary N) is 1. The molecule has 1 aromatic carbocycles. The third-order valence-corrected chi connectivity index (χ3v) is 3.82. The molecule has 0 radical (unpaired) electrons. The number of hydrogen-bond acceptors (Lipinski definition) is 3. The standard InChI is InChI=1S/C13H18BrNO2/c1-15-8-13(16,9-3-4-9)11-7-10(14)5-6-12(11)17-2/h5-7,9,15-16H,3-4,8H2,1-2H3. The van der Waals surface area contributed by atoms with Gasteiger partial charge in [-0.3, -0.25) is 0 Å². The van der Waals surface area contributed by atoms with Crippen LogP contribution in [0.1, 0.15) is 18.4 Å². The van der Waals surface area contributed by atoms with Crippen molar-refractivity contribution in [2.24, 2.45) is 5.92 Å². The van der Waals surface area contributed by atoms with E-state index in [9.17, 15) is 5.11 Å². The molecule has 1 saturated carbocycles. The second kappa shape index (κ2) is 4.96. The lowest BCUT2D eigenvalue weighted by atomic mass is 9.88. The Hall–Kier alpha value is -0.580. The van der Waals surface area contributed by atoms with Crippen molar-refractivity contribution in [2.45, 2.75) is 18.4 Å². The summed E-state index contributed by atoms with van der Waals surface area (Å²) in [6, 6.07) is 5.77. The van der Waals surface area contributed by atoms with Gasteiger partial charge in [0.25, 0.3) is 0 Å². The number of aliphatic hydroxyl groups is 1. The fourth-order valence-corrected chi connectivity index (χ4v) is 2.67. The maximum Gasteiger partial charge on any atom is 0.125 e. The molecule has 0 saturated heterocycles. The SMILES string of the molecule is CNCC(O)(c1cc(Br)ccc1OC)C1CC1. The minimum atomic E-state index is -0.829. The first-order valence-electron chi connectivity index (χ1n) is 5.83. The number of likely N-dealkylation sites (N-methyl/N-ethyl adjacent to an activating group) is 1. The van der Waals surface area contributed by atoms with Gasteiger partial charge in [-0.1, -0.05) is 15.9 Å². The summed E-state index contributed by atoms with van der Waals surface area (Å²) in [7, 11) is 3.50. The summed E-state index contributed by atoms with van der Waals surface area (Å²) in [6.45, 7) is 0.546. The molecule has 1 atom stereocenters. The summed E-state index contributed by atoms with van der Waals surface area (Å²) in [5, 5.41) is 14.0. The van der Waals surface area contributed by atoms with E-state index in [1.165, 1.54) is 0 Å². The van der Waals surface area contributed by atoms with E-state index >= 15 is 0 Å². The molecular weight excluding hydrogens is 282 g/mol. The number of benzene rings is 1. The minimum absolute atomic E-state index is 0.332. The molecular formula is C13H18BrNO2. The highest BCUT2D eigenvalue weighted by molar-refractivity contribution is 9.10. The van der Waals surface area contributed by atoms with Gasteiger partial charge in [-0.2, -0.15) is 0 Å². The van der Waals surface area contributed by atoms with Crippen molar-refractivity contribution >= 4 is 15.9 Å². The molecule has 3 nitrogen and oxygen atoms in total. The Bertz CT molecular complexity index is 406. The van der Waals surface area contributed by atoms with Gasteiger partial charge in [-0.25, -0.2) is 0 Å². The monoisotopic (exact) mass is 299 g/mol. The van der Waals surface area contributed by atoms with Crippen LogP contribution in [0.3, 0.4) is 0 Å². The summed E-state index contributed by atoms with van der Waals surface area (Å²) >= 11 is 3.45. The summed E-state index contributed by atoms with van der Waals surface area (Å²) in [6.07, 6.45) is 2.15. The van der Waals surface area contributed by atoms with Crippen LogP contribution >= 0.6 is 15.9 Å². The number of hydrogen-bond donors (Lipinski definition) is 2. The number of ether oxygens (including phenoxy) is 1. The van der Waals surface area contributed by atoms with Gasteiger partial charge in [0.2, 0.25) is 0 Å². The molecule has 0 aliphatic heterocycles. The van der Waals surface area contributed by atoms with Gasteiger partial charge < -0.3 is 15.2 Å². The Labute approximate surface area is 110 Å². The van der Waals surface area contributed by atoms with E-state index in [0.29, 0.717) is 12.5 Å². The fraction of sp³-hybridized carbons (Fsp3) is 0.538. The predicted molar refractivity (Wildman–Crippen MR) is 71.2 cm³/mol. The molecule has 1 aliphatic carbocycles. The van der Waals surface area contributed by atoms with E-state index in [4.69, 9.17) is 4.74 Å². The third kappa shape index (κ3) is 2.49. The van der Waals surface area contributed by atoms with E-state index in [2.05, 4.69) is 21.2 Å². The highest BCUT2D eigenvalue weighted by Crippen LogP contribution is 2.48. The molecule has 0 aromatic heterocycles. The lowest BCUT2D eigenvalue weighted by Crippen LogP contribution is -2.39. The largest absolute Gasteiger partial charge is 0.496 e. The van der Waals surface area contributed by atoms with Crippen molar-refractivity contribution in [2.75, 3.05) is 20.7 Å². The molecule has 94 valence electrons. The predicted octanol–water partition coefficient (Wildman–Crippen LogP) is 2.27. The van der Waals surface area contributed by atoms with Gasteiger partial charge in [0.05, 0.1) is 7.11 Å². The number of rotatable bonds is 5. The molecule has 1 fully saturated rings. The molecule has 4 heteroatoms. The molecule has 0 spiro atoms. The second-order valence-electron chi connectivity index (χ2n) is 4.57. The lowest BCUT2D eigenvalue weighted by molar-refractivity contribution is 0.0131. The van der Waals surface area contributed by atoms with Crippen LogP contribution < -0.4 is 10.1 Å². The zero-order valence-corrected chi connectivity index (χ0v) is 11.8. The third-order valence-electron chi connectivity index (χ3n) is 3.33. The molecule has 2 rings (SSSR count). The normalized spacial score (nSPS) is 18.8. The zero-order chi connectivity index (χ0) is 12.5. The molecule has 0 heterocycles. The van der Waals surface area contributed by atoms with Gasteiger partial charge in [-0.05, 0) is 44.0 Å². The fourth-order valence-electron chi connectivity index (χ4n) is 2.31. The Balaban J connectivity index is 2.44. The van der Waals surface area contributed by atoms with E-state index < -0.39 is 5.60 Å². The van der Waals surface area contributed by atoms with E-state index in [1.807, 2.05) is 25.2 Å². The van der Waals surface area contributed by atoms with Crippen molar-refractivity contribution in [1.82, 2.24) is 5.32 Å². The van der Waals surface area contributed by atoms with Crippen LogP contribution in [0.15, 0.2) is 22.7 Å². The number of methoxy groups -OCH3 is 1. The topological polar surface area (TPSA) is 41.5 Å². The van der Waals surface area contributed by atoms with Gasteiger partial charge >= 0.3 is 0 Å². The van der Waals surface area contributed by atoms with Crippen LogP contribution in [-0.2, 0) is 5.60 Å².